The Hall–Kier alpha value is -6.18. The molecule has 0 spiro atoms. The van der Waals surface area contributed by atoms with Gasteiger partial charge in [0.05, 0.1) is 0 Å². The van der Waals surface area contributed by atoms with Gasteiger partial charge in [-0.2, -0.15) is 0 Å². The number of rotatable bonds is 7. The number of hydrogen-bond donors (Lipinski definition) is 0. The molecule has 0 radical (unpaired) electrons. The molecule has 8 rings (SSSR count). The first-order chi connectivity index (χ1) is 23.1. The van der Waals surface area contributed by atoms with E-state index in [1.807, 2.05) is 36.4 Å². The van der Waals surface area contributed by atoms with E-state index in [0.717, 1.165) is 88.9 Å². The fourth-order valence-corrected chi connectivity index (χ4v) is 7.28. The molecule has 0 saturated carbocycles. The second-order valence-corrected chi connectivity index (χ2v) is 11.8. The topological polar surface area (TPSA) is 9.23 Å². The van der Waals surface area contributed by atoms with Crippen molar-refractivity contribution in [3.8, 4) is 56.0 Å². The van der Waals surface area contributed by atoms with Crippen molar-refractivity contribution in [3.63, 3.8) is 0 Å². The molecule has 7 aromatic rings. The Morgan fingerprint density at radius 1 is 0.426 bits per heavy atom. The number of ether oxygens (including phenoxy) is 1. The van der Waals surface area contributed by atoms with E-state index >= 15 is 0 Å². The summed E-state index contributed by atoms with van der Waals surface area (Å²) in [7, 11) is 0. The minimum atomic E-state index is 0.883. The molecule has 1 aliphatic rings. The Morgan fingerprint density at radius 3 is 1.77 bits per heavy atom. The maximum Gasteiger partial charge on any atom is 0.135 e. The van der Waals surface area contributed by atoms with Gasteiger partial charge in [-0.05, 0) is 95.6 Å². The van der Waals surface area contributed by atoms with Gasteiger partial charge in [-0.25, -0.2) is 0 Å². The van der Waals surface area contributed by atoms with E-state index in [-0.39, 0.29) is 0 Å². The summed E-state index contributed by atoms with van der Waals surface area (Å²) in [5.41, 5.74) is 13.3. The normalized spacial score (nSPS) is 11.5. The van der Waals surface area contributed by atoms with Crippen molar-refractivity contribution in [2.24, 2.45) is 0 Å². The summed E-state index contributed by atoms with van der Waals surface area (Å²) in [5.74, 6) is 1.79. The lowest BCUT2D eigenvalue weighted by Gasteiger charge is -2.22. The summed E-state index contributed by atoms with van der Waals surface area (Å²) in [6.07, 6.45) is 7.72. The van der Waals surface area contributed by atoms with Crippen molar-refractivity contribution in [3.05, 3.63) is 170 Å². The van der Waals surface area contributed by atoms with Gasteiger partial charge < -0.3 is 4.74 Å². The first-order valence-corrected chi connectivity index (χ1v) is 15.8. The molecule has 1 heterocycles. The molecule has 0 saturated heterocycles. The van der Waals surface area contributed by atoms with Crippen molar-refractivity contribution in [1.82, 2.24) is 0 Å². The highest BCUT2D eigenvalue weighted by Crippen LogP contribution is 2.48. The first-order valence-electron chi connectivity index (χ1n) is 15.8. The van der Waals surface area contributed by atoms with E-state index in [1.165, 1.54) is 10.9 Å². The molecule has 222 valence electrons. The predicted molar refractivity (Wildman–Crippen MR) is 204 cm³/mol. The lowest BCUT2D eigenvalue weighted by molar-refractivity contribution is 0.487. The summed E-state index contributed by atoms with van der Waals surface area (Å²) in [5, 5.41) is 4.66. The summed E-state index contributed by atoms with van der Waals surface area (Å²) in [6, 6.07) is 42.9. The molecule has 0 atom stereocenters. The molecule has 0 N–H and O–H groups in total. The molecule has 0 fully saturated rings. The Balaban J connectivity index is 1.28. The van der Waals surface area contributed by atoms with Gasteiger partial charge >= 0.3 is 0 Å². The van der Waals surface area contributed by atoms with Gasteiger partial charge in [0, 0.05) is 10.9 Å². The van der Waals surface area contributed by atoms with Crippen molar-refractivity contribution >= 4 is 45.8 Å². The maximum absolute atomic E-state index is 6.35. The summed E-state index contributed by atoms with van der Waals surface area (Å²) >= 11 is 0. The monoisotopic (exact) mass is 600 g/mol. The minimum Gasteiger partial charge on any atom is -0.456 e. The molecule has 0 aliphatic carbocycles. The van der Waals surface area contributed by atoms with Gasteiger partial charge in [0.15, 0.2) is 0 Å². The summed E-state index contributed by atoms with van der Waals surface area (Å²) in [4.78, 5) is 0. The third kappa shape index (κ3) is 4.40. The Kier molecular flexibility index (Phi) is 6.82. The molecule has 0 aromatic heterocycles. The Morgan fingerprint density at radius 2 is 1.04 bits per heavy atom. The average Bonchev–Trinajstić information content (AvgIpc) is 3.13. The van der Waals surface area contributed by atoms with E-state index in [1.54, 1.807) is 0 Å². The third-order valence-corrected chi connectivity index (χ3v) is 9.40. The highest BCUT2D eigenvalue weighted by molar-refractivity contribution is 6.12. The van der Waals surface area contributed by atoms with Crippen LogP contribution in [0.25, 0.3) is 90.4 Å². The molecule has 1 aliphatic heterocycles. The molecule has 0 unspecified atom stereocenters. The van der Waals surface area contributed by atoms with E-state index in [2.05, 4.69) is 136 Å². The summed E-state index contributed by atoms with van der Waals surface area (Å²) < 4.78 is 6.35. The molecular formula is C46H32O. The van der Waals surface area contributed by atoms with Crippen molar-refractivity contribution in [2.45, 2.75) is 0 Å². The van der Waals surface area contributed by atoms with Crippen LogP contribution in [-0.2, 0) is 0 Å². The van der Waals surface area contributed by atoms with Crippen LogP contribution in [-0.4, -0.2) is 0 Å². The van der Waals surface area contributed by atoms with Crippen molar-refractivity contribution < 1.29 is 4.74 Å². The molecule has 7 aromatic carbocycles. The predicted octanol–water partition coefficient (Wildman–Crippen LogP) is 13.3. The zero-order valence-corrected chi connectivity index (χ0v) is 26.1. The highest BCUT2D eigenvalue weighted by atomic mass is 16.5. The molecule has 0 bridgehead atoms. The van der Waals surface area contributed by atoms with E-state index in [9.17, 15) is 0 Å². The van der Waals surface area contributed by atoms with E-state index in [4.69, 9.17) is 4.74 Å². The zero-order chi connectivity index (χ0) is 32.1. The summed E-state index contributed by atoms with van der Waals surface area (Å²) in [6.45, 7) is 16.8. The van der Waals surface area contributed by atoms with E-state index < -0.39 is 0 Å². The van der Waals surface area contributed by atoms with E-state index in [0.29, 0.717) is 0 Å². The fourth-order valence-electron chi connectivity index (χ4n) is 7.28. The Bertz CT molecular complexity index is 2430. The molecule has 0 amide bonds. The van der Waals surface area contributed by atoms with Crippen LogP contribution in [0, 0.1) is 0 Å². The standard InChI is InChI=1S/C46H32O/c1-5-29-14-11-19-37(34(29)6-2)46-36(8-4)35(7-3)44(38-17-9-10-18-39(38)46)32-24-22-30(23-25-32)33-26-27-42-41(28-33)40-20-12-15-31-16-13-21-43(47-42)45(31)40/h5-28H,1-4H2. The van der Waals surface area contributed by atoms with Crippen LogP contribution >= 0.6 is 0 Å². The molecule has 1 heteroatoms. The molecular weight excluding hydrogens is 569 g/mol. The average molecular weight is 601 g/mol. The van der Waals surface area contributed by atoms with Crippen molar-refractivity contribution in [2.75, 3.05) is 0 Å². The third-order valence-electron chi connectivity index (χ3n) is 9.40. The second kappa shape index (κ2) is 11.3. The zero-order valence-electron chi connectivity index (χ0n) is 26.1. The van der Waals surface area contributed by atoms with Crippen LogP contribution in [0.3, 0.4) is 0 Å². The lowest BCUT2D eigenvalue weighted by Crippen LogP contribution is -1.98. The lowest BCUT2D eigenvalue weighted by atomic mass is 9.81. The number of hydrogen-bond acceptors (Lipinski definition) is 1. The number of fused-ring (bicyclic) bond motifs is 3. The van der Waals surface area contributed by atoms with Crippen LogP contribution in [0.5, 0.6) is 11.5 Å². The first kappa shape index (κ1) is 28.3. The van der Waals surface area contributed by atoms with Gasteiger partial charge in [-0.3, -0.25) is 0 Å². The second-order valence-electron chi connectivity index (χ2n) is 11.8. The Labute approximate surface area is 275 Å². The molecule has 47 heavy (non-hydrogen) atoms. The van der Waals surface area contributed by atoms with Crippen LogP contribution in [0.4, 0.5) is 0 Å². The van der Waals surface area contributed by atoms with Crippen molar-refractivity contribution in [1.29, 1.82) is 0 Å². The van der Waals surface area contributed by atoms with Gasteiger partial charge in [-0.15, -0.1) is 0 Å². The largest absolute Gasteiger partial charge is 0.456 e. The highest BCUT2D eigenvalue weighted by Gasteiger charge is 2.22. The fraction of sp³-hybridized carbons (Fsp3) is 0. The van der Waals surface area contributed by atoms with Gasteiger partial charge in [0.25, 0.3) is 0 Å². The SMILES string of the molecule is C=Cc1cccc(-c2c(C=C)c(C=C)c(-c3ccc(-c4ccc5c(c4)-c4cccc6cccc(c46)O5)cc3)c3ccccc23)c1C=C. The van der Waals surface area contributed by atoms with Crippen LogP contribution in [0.2, 0.25) is 0 Å². The quantitative estimate of drug-likeness (QED) is 0.177. The van der Waals surface area contributed by atoms with Crippen LogP contribution in [0.1, 0.15) is 22.3 Å². The van der Waals surface area contributed by atoms with Gasteiger partial charge in [0.2, 0.25) is 0 Å². The van der Waals surface area contributed by atoms with Crippen LogP contribution in [0.15, 0.2) is 148 Å². The number of benzene rings is 7. The molecule has 1 nitrogen and oxygen atoms in total. The van der Waals surface area contributed by atoms with Crippen LogP contribution < -0.4 is 4.74 Å². The maximum atomic E-state index is 6.35. The smallest absolute Gasteiger partial charge is 0.135 e. The van der Waals surface area contributed by atoms with Gasteiger partial charge in [0.1, 0.15) is 11.5 Å². The van der Waals surface area contributed by atoms with Gasteiger partial charge in [-0.1, -0.05) is 154 Å². The minimum absolute atomic E-state index is 0.883.